The molecule has 0 amide bonds. The van der Waals surface area contributed by atoms with Crippen LogP contribution in [0.1, 0.15) is 79.0 Å². The van der Waals surface area contributed by atoms with Crippen molar-refractivity contribution in [1.82, 2.24) is 15.0 Å². The lowest BCUT2D eigenvalue weighted by molar-refractivity contribution is -0.210. The highest BCUT2D eigenvalue weighted by Gasteiger charge is 2.68. The molecule has 0 N–H and O–H groups in total. The summed E-state index contributed by atoms with van der Waals surface area (Å²) in [5.41, 5.74) is -2.06. The number of aromatic nitrogens is 3. The van der Waals surface area contributed by atoms with E-state index in [1.165, 1.54) is 18.7 Å². The second kappa shape index (κ2) is 10.0. The fraction of sp³-hybridized carbons (Fsp3) is 0.741. The van der Waals surface area contributed by atoms with Crippen LogP contribution in [0.4, 0.5) is 0 Å². The van der Waals surface area contributed by atoms with E-state index in [0.29, 0.717) is 18.5 Å². The van der Waals surface area contributed by atoms with Crippen molar-refractivity contribution in [3.05, 3.63) is 11.9 Å². The third kappa shape index (κ3) is 5.05. The Kier molecular flexibility index (Phi) is 7.37. The van der Waals surface area contributed by atoms with Crippen LogP contribution in [-0.4, -0.2) is 57.9 Å². The van der Waals surface area contributed by atoms with E-state index in [-0.39, 0.29) is 25.4 Å². The number of esters is 4. The third-order valence-electron chi connectivity index (χ3n) is 8.72. The van der Waals surface area contributed by atoms with E-state index in [1.54, 1.807) is 27.0 Å². The van der Waals surface area contributed by atoms with E-state index in [1.807, 2.05) is 13.8 Å². The second-order valence-electron chi connectivity index (χ2n) is 12.5. The van der Waals surface area contributed by atoms with Gasteiger partial charge < -0.3 is 18.9 Å². The van der Waals surface area contributed by atoms with E-state index in [9.17, 15) is 24.0 Å². The third-order valence-corrected chi connectivity index (χ3v) is 8.72. The molecular weight excluding hydrogens is 510 g/mol. The maximum atomic E-state index is 13.9. The number of methoxy groups -OCH3 is 1. The summed E-state index contributed by atoms with van der Waals surface area (Å²) in [5, 5.41) is 8.16. The average molecular weight is 548 g/mol. The monoisotopic (exact) mass is 547 g/mol. The fourth-order valence-corrected chi connectivity index (χ4v) is 6.85. The molecule has 4 rings (SSSR count). The molecule has 3 fully saturated rings. The predicted molar refractivity (Wildman–Crippen MR) is 132 cm³/mol. The van der Waals surface area contributed by atoms with Gasteiger partial charge in [-0.05, 0) is 50.9 Å². The van der Waals surface area contributed by atoms with E-state index in [0.717, 1.165) is 0 Å². The van der Waals surface area contributed by atoms with E-state index in [4.69, 9.17) is 18.9 Å². The van der Waals surface area contributed by atoms with Gasteiger partial charge in [0.15, 0.2) is 18.6 Å². The van der Waals surface area contributed by atoms with Gasteiger partial charge in [-0.25, -0.2) is 4.68 Å². The maximum absolute atomic E-state index is 13.9. The van der Waals surface area contributed by atoms with Crippen molar-refractivity contribution in [2.24, 2.45) is 34.0 Å². The highest BCUT2D eigenvalue weighted by Crippen LogP contribution is 2.65. The molecule has 2 heterocycles. The summed E-state index contributed by atoms with van der Waals surface area (Å²) in [6, 6.07) is 0. The molecule has 39 heavy (non-hydrogen) atoms. The van der Waals surface area contributed by atoms with Gasteiger partial charge in [-0.2, -0.15) is 0 Å². The minimum absolute atomic E-state index is 0.0360. The van der Waals surface area contributed by atoms with E-state index < -0.39 is 70.1 Å². The molecular formula is C27H37N3O9. The molecule has 0 radical (unpaired) electrons. The summed E-state index contributed by atoms with van der Waals surface area (Å²) in [5.74, 6) is -4.31. The molecule has 1 aromatic rings. The van der Waals surface area contributed by atoms with Gasteiger partial charge >= 0.3 is 23.9 Å². The molecule has 1 aliphatic heterocycles. The summed E-state index contributed by atoms with van der Waals surface area (Å²) in [6.07, 6.45) is 0.766. The average Bonchev–Trinajstić information content (AvgIpc) is 3.31. The number of ketones is 1. The van der Waals surface area contributed by atoms with Crippen molar-refractivity contribution in [2.45, 2.75) is 86.2 Å². The lowest BCUT2D eigenvalue weighted by Gasteiger charge is -2.60. The highest BCUT2D eigenvalue weighted by molar-refractivity contribution is 5.93. The number of cyclic esters (lactones) is 1. The van der Waals surface area contributed by atoms with Crippen LogP contribution in [0.5, 0.6) is 0 Å². The molecule has 12 nitrogen and oxygen atoms in total. The summed E-state index contributed by atoms with van der Waals surface area (Å²) in [6.45, 7) is 10.0. The number of nitrogens with zero attached hydrogens (tertiary/aromatic N) is 3. The van der Waals surface area contributed by atoms with Crippen LogP contribution in [0, 0.1) is 34.0 Å². The lowest BCUT2D eigenvalue weighted by Crippen LogP contribution is -2.64. The molecule has 2 saturated carbocycles. The van der Waals surface area contributed by atoms with Gasteiger partial charge in [0.1, 0.15) is 11.8 Å². The van der Waals surface area contributed by atoms with Crippen molar-refractivity contribution >= 4 is 29.7 Å². The molecule has 12 heteroatoms. The second-order valence-corrected chi connectivity index (χ2v) is 12.5. The Morgan fingerprint density at radius 1 is 1.18 bits per heavy atom. The summed E-state index contributed by atoms with van der Waals surface area (Å²) in [4.78, 5) is 64.2. The number of carbonyl (C=O) groups excluding carboxylic acids is 5. The summed E-state index contributed by atoms with van der Waals surface area (Å²) in [7, 11) is 1.29. The first kappa shape index (κ1) is 28.7. The van der Waals surface area contributed by atoms with E-state index >= 15 is 0 Å². The number of ether oxygens (including phenoxy) is 4. The van der Waals surface area contributed by atoms with Gasteiger partial charge in [-0.15, -0.1) is 5.10 Å². The van der Waals surface area contributed by atoms with E-state index in [2.05, 4.69) is 10.3 Å². The number of Topliss-reactive ketones (excluding diaryl/α,β-unsaturated/α-hetero) is 1. The molecule has 0 unspecified atom stereocenters. The Balaban J connectivity index is 1.65. The fourth-order valence-electron chi connectivity index (χ4n) is 6.85. The van der Waals surface area contributed by atoms with Crippen LogP contribution in [-0.2, 0) is 49.7 Å². The minimum Gasteiger partial charge on any atom is -0.469 e. The van der Waals surface area contributed by atoms with Crippen LogP contribution in [0.15, 0.2) is 6.20 Å². The van der Waals surface area contributed by atoms with Gasteiger partial charge in [0.25, 0.3) is 0 Å². The molecule has 3 aliphatic rings. The maximum Gasteiger partial charge on any atom is 0.313 e. The number of hydrogen-bond acceptors (Lipinski definition) is 11. The van der Waals surface area contributed by atoms with Crippen LogP contribution >= 0.6 is 0 Å². The van der Waals surface area contributed by atoms with Crippen molar-refractivity contribution in [3.63, 3.8) is 0 Å². The Hall–Kier alpha value is -3.31. The van der Waals surface area contributed by atoms with Crippen LogP contribution < -0.4 is 0 Å². The number of carbonyl (C=O) groups is 5. The van der Waals surface area contributed by atoms with Crippen molar-refractivity contribution in [3.8, 4) is 0 Å². The van der Waals surface area contributed by atoms with Crippen molar-refractivity contribution < 1.29 is 42.9 Å². The topological polar surface area (TPSA) is 153 Å². The normalized spacial score (nSPS) is 34.3. The molecule has 214 valence electrons. The van der Waals surface area contributed by atoms with Crippen LogP contribution in [0.3, 0.4) is 0 Å². The summed E-state index contributed by atoms with van der Waals surface area (Å²) >= 11 is 0. The quantitative estimate of drug-likeness (QED) is 0.395. The van der Waals surface area contributed by atoms with Gasteiger partial charge in [-0.1, -0.05) is 19.1 Å². The predicted octanol–water partition coefficient (Wildman–Crippen LogP) is 2.55. The molecule has 1 saturated heterocycles. The zero-order chi connectivity index (χ0) is 28.9. The molecule has 2 aliphatic carbocycles. The van der Waals surface area contributed by atoms with Crippen molar-refractivity contribution in [2.75, 3.05) is 7.11 Å². The smallest absolute Gasteiger partial charge is 0.313 e. The van der Waals surface area contributed by atoms with Crippen molar-refractivity contribution in [1.29, 1.82) is 0 Å². The molecule has 1 aromatic heterocycles. The SMILES string of the molecule is COC(=O)[C@@H]1C[C@H](OC(C)=O)C(=O)[C@H]2[C@@]1(C)CC[C@H]1C(=O)O[C@H](c3cn(COC(=O)C(C)(C)C)nn3)C[C@]21C. The minimum atomic E-state index is -1.12. The van der Waals surface area contributed by atoms with Gasteiger partial charge in [0.05, 0.1) is 30.6 Å². The Labute approximate surface area is 227 Å². The number of hydrogen-bond donors (Lipinski definition) is 0. The zero-order valence-corrected chi connectivity index (χ0v) is 23.5. The molecule has 7 atom stereocenters. The Morgan fingerprint density at radius 3 is 2.49 bits per heavy atom. The zero-order valence-electron chi connectivity index (χ0n) is 23.5. The largest absolute Gasteiger partial charge is 0.469 e. The number of rotatable bonds is 5. The van der Waals surface area contributed by atoms with Crippen LogP contribution in [0.2, 0.25) is 0 Å². The van der Waals surface area contributed by atoms with Gasteiger partial charge in [0, 0.05) is 19.3 Å². The highest BCUT2D eigenvalue weighted by atomic mass is 16.6. The lowest BCUT2D eigenvalue weighted by atomic mass is 9.43. The first-order chi connectivity index (χ1) is 18.1. The first-order valence-electron chi connectivity index (χ1n) is 13.2. The standard InChI is InChI=1S/C27H37N3O9/c1-14(31)38-18-10-16(22(33)36-7)26(5)9-8-15-23(34)39-19(11-27(15,6)21(26)20(18)32)17-12-30(29-28-17)13-37-24(35)25(2,3)4/h12,15-16,18-19,21H,8-11,13H2,1-7H3/t15-,16-,18-,19-,21-,26-,27-/m0/s1. The molecule has 0 spiro atoms. The number of fused-ring (bicyclic) bond motifs is 3. The first-order valence-corrected chi connectivity index (χ1v) is 13.2. The van der Waals surface area contributed by atoms with Gasteiger partial charge in [0.2, 0.25) is 0 Å². The molecule has 0 bridgehead atoms. The summed E-state index contributed by atoms with van der Waals surface area (Å²) < 4.78 is 22.9. The van der Waals surface area contributed by atoms with Gasteiger partial charge in [-0.3, -0.25) is 24.0 Å². The Bertz CT molecular complexity index is 1190. The molecule has 0 aromatic carbocycles. The van der Waals surface area contributed by atoms with Crippen LogP contribution in [0.25, 0.3) is 0 Å². The Morgan fingerprint density at radius 2 is 1.87 bits per heavy atom.